The van der Waals surface area contributed by atoms with Gasteiger partial charge in [0, 0.05) is 43.3 Å². The Morgan fingerprint density at radius 2 is 2.28 bits per heavy atom. The zero-order valence-corrected chi connectivity index (χ0v) is 11.2. The molecule has 0 N–H and O–H groups in total. The molecule has 1 amide bonds. The number of piperidine rings is 1. The minimum atomic E-state index is -0.166. The molecule has 2 heterocycles. The zero-order valence-electron chi connectivity index (χ0n) is 10.4. The Labute approximate surface area is 111 Å². The smallest absolute Gasteiger partial charge is 0.254 e. The second-order valence-corrected chi connectivity index (χ2v) is 4.98. The van der Waals surface area contributed by atoms with Crippen molar-refractivity contribution in [3.05, 3.63) is 34.2 Å². The third-order valence-corrected chi connectivity index (χ3v) is 3.77. The van der Waals surface area contributed by atoms with Gasteiger partial charge < -0.3 is 9.47 Å². The summed E-state index contributed by atoms with van der Waals surface area (Å²) in [4.78, 5) is 25.7. The van der Waals surface area contributed by atoms with Crippen molar-refractivity contribution in [3.63, 3.8) is 0 Å². The highest BCUT2D eigenvalue weighted by Crippen LogP contribution is 2.20. The lowest BCUT2D eigenvalue weighted by atomic mass is 10.0. The number of amides is 1. The number of carbonyl (C=O) groups excluding carboxylic acids is 1. The Morgan fingerprint density at radius 1 is 1.50 bits per heavy atom. The first-order chi connectivity index (χ1) is 8.63. The lowest BCUT2D eigenvalue weighted by molar-refractivity contribution is 0.0639. The maximum Gasteiger partial charge on any atom is 0.254 e. The van der Waals surface area contributed by atoms with Crippen molar-refractivity contribution in [2.24, 2.45) is 7.05 Å². The lowest BCUT2D eigenvalue weighted by Crippen LogP contribution is -2.45. The van der Waals surface area contributed by atoms with Crippen LogP contribution in [0.25, 0.3) is 0 Å². The molecule has 1 atom stereocenters. The molecule has 2 rings (SSSR count). The first-order valence-corrected chi connectivity index (χ1v) is 6.70. The molecule has 18 heavy (non-hydrogen) atoms. The monoisotopic (exact) mass is 268 g/mol. The molecule has 1 aromatic rings. The molecule has 98 valence electrons. The third-order valence-electron chi connectivity index (χ3n) is 3.42. The van der Waals surface area contributed by atoms with Gasteiger partial charge in [0.1, 0.15) is 0 Å². The van der Waals surface area contributed by atoms with Gasteiger partial charge in [-0.1, -0.05) is 0 Å². The van der Waals surface area contributed by atoms with Crippen LogP contribution in [0.15, 0.2) is 23.1 Å². The number of pyridine rings is 1. The number of hydrogen-bond donors (Lipinski definition) is 0. The average Bonchev–Trinajstić information content (AvgIpc) is 2.41. The summed E-state index contributed by atoms with van der Waals surface area (Å²) in [6.45, 7) is 0.728. The molecule has 5 heteroatoms. The number of halogens is 1. The van der Waals surface area contributed by atoms with E-state index in [0.29, 0.717) is 11.4 Å². The van der Waals surface area contributed by atoms with Crippen molar-refractivity contribution in [1.82, 2.24) is 9.47 Å². The predicted molar refractivity (Wildman–Crippen MR) is 71.1 cm³/mol. The first kappa shape index (κ1) is 13.1. The number of rotatable bonds is 2. The van der Waals surface area contributed by atoms with Gasteiger partial charge in [0.2, 0.25) is 0 Å². The summed E-state index contributed by atoms with van der Waals surface area (Å²) in [7, 11) is 1.67. The minimum absolute atomic E-state index is 0.0851. The molecule has 0 aromatic carbocycles. The summed E-state index contributed by atoms with van der Waals surface area (Å²) in [5.41, 5.74) is 0.287. The molecule has 1 unspecified atom stereocenters. The van der Waals surface area contributed by atoms with Crippen LogP contribution < -0.4 is 5.56 Å². The largest absolute Gasteiger partial charge is 0.334 e. The summed E-state index contributed by atoms with van der Waals surface area (Å²) in [5.74, 6) is 0.370. The van der Waals surface area contributed by atoms with Gasteiger partial charge in [0.25, 0.3) is 11.5 Å². The van der Waals surface area contributed by atoms with Gasteiger partial charge in [-0.05, 0) is 25.3 Å². The SMILES string of the molecule is Cn1ccc(C(=O)N2CCCCC2CCl)cc1=O. The van der Waals surface area contributed by atoms with E-state index in [4.69, 9.17) is 11.6 Å². The summed E-state index contributed by atoms with van der Waals surface area (Å²) >= 11 is 5.90. The Kier molecular flexibility index (Phi) is 4.07. The van der Waals surface area contributed by atoms with Crippen molar-refractivity contribution in [2.75, 3.05) is 12.4 Å². The number of carbonyl (C=O) groups is 1. The van der Waals surface area contributed by atoms with E-state index in [2.05, 4.69) is 0 Å². The highest BCUT2D eigenvalue weighted by Gasteiger charge is 2.26. The Bertz CT molecular complexity index is 498. The van der Waals surface area contributed by atoms with E-state index < -0.39 is 0 Å². The summed E-state index contributed by atoms with van der Waals surface area (Å²) in [5, 5.41) is 0. The van der Waals surface area contributed by atoms with E-state index in [0.717, 1.165) is 25.8 Å². The van der Waals surface area contributed by atoms with E-state index in [1.165, 1.54) is 10.6 Å². The van der Waals surface area contributed by atoms with Crippen LogP contribution in [0.4, 0.5) is 0 Å². The van der Waals surface area contributed by atoms with E-state index in [1.54, 1.807) is 24.2 Å². The fourth-order valence-electron chi connectivity index (χ4n) is 2.28. The highest BCUT2D eigenvalue weighted by molar-refractivity contribution is 6.18. The Morgan fingerprint density at radius 3 is 2.94 bits per heavy atom. The highest BCUT2D eigenvalue weighted by atomic mass is 35.5. The number of hydrogen-bond acceptors (Lipinski definition) is 2. The molecule has 1 aliphatic heterocycles. The van der Waals surface area contributed by atoms with E-state index in [1.807, 2.05) is 0 Å². The van der Waals surface area contributed by atoms with Crippen molar-refractivity contribution in [3.8, 4) is 0 Å². The predicted octanol–water partition coefficient (Wildman–Crippen LogP) is 1.62. The molecule has 1 aromatic heterocycles. The number of aromatic nitrogens is 1. The van der Waals surface area contributed by atoms with Crippen LogP contribution in [0.3, 0.4) is 0 Å². The molecule has 1 saturated heterocycles. The van der Waals surface area contributed by atoms with Gasteiger partial charge in [-0.3, -0.25) is 9.59 Å². The third kappa shape index (κ3) is 2.58. The molecule has 4 nitrogen and oxygen atoms in total. The average molecular weight is 269 g/mol. The van der Waals surface area contributed by atoms with Crippen LogP contribution >= 0.6 is 11.6 Å². The van der Waals surface area contributed by atoms with Crippen molar-refractivity contribution < 1.29 is 4.79 Å². The maximum absolute atomic E-state index is 12.4. The quantitative estimate of drug-likeness (QED) is 0.765. The second-order valence-electron chi connectivity index (χ2n) is 4.67. The van der Waals surface area contributed by atoms with Crippen molar-refractivity contribution in [1.29, 1.82) is 0 Å². The molecule has 1 fully saturated rings. The Balaban J connectivity index is 2.24. The molecule has 1 aliphatic rings. The molecular formula is C13H17ClN2O2. The van der Waals surface area contributed by atoms with Gasteiger partial charge in [0.15, 0.2) is 0 Å². The number of nitrogens with zero attached hydrogens (tertiary/aromatic N) is 2. The second kappa shape index (κ2) is 5.57. The molecule has 0 saturated carbocycles. The summed E-state index contributed by atoms with van der Waals surface area (Å²) in [6.07, 6.45) is 4.68. The fourth-order valence-corrected chi connectivity index (χ4v) is 2.60. The molecule has 0 bridgehead atoms. The molecule has 0 radical (unpaired) electrons. The molecule has 0 spiro atoms. The van der Waals surface area contributed by atoms with Crippen LogP contribution in [0.5, 0.6) is 0 Å². The molecular weight excluding hydrogens is 252 g/mol. The van der Waals surface area contributed by atoms with Crippen LogP contribution in [0.2, 0.25) is 0 Å². The van der Waals surface area contributed by atoms with Gasteiger partial charge in [-0.15, -0.1) is 11.6 Å². The lowest BCUT2D eigenvalue weighted by Gasteiger charge is -2.34. The zero-order chi connectivity index (χ0) is 13.1. The summed E-state index contributed by atoms with van der Waals surface area (Å²) < 4.78 is 1.45. The van der Waals surface area contributed by atoms with Gasteiger partial charge in [-0.2, -0.15) is 0 Å². The van der Waals surface area contributed by atoms with Crippen molar-refractivity contribution in [2.45, 2.75) is 25.3 Å². The van der Waals surface area contributed by atoms with Crippen LogP contribution in [0, 0.1) is 0 Å². The number of alkyl halides is 1. The maximum atomic E-state index is 12.4. The number of aryl methyl sites for hydroxylation is 1. The normalized spacial score (nSPS) is 19.9. The van der Waals surface area contributed by atoms with Crippen LogP contribution in [0.1, 0.15) is 29.6 Å². The van der Waals surface area contributed by atoms with E-state index >= 15 is 0 Å². The van der Waals surface area contributed by atoms with E-state index in [9.17, 15) is 9.59 Å². The number of likely N-dealkylation sites (tertiary alicyclic amines) is 1. The van der Waals surface area contributed by atoms with Gasteiger partial charge in [0.05, 0.1) is 0 Å². The fraction of sp³-hybridized carbons (Fsp3) is 0.538. The Hall–Kier alpha value is -1.29. The van der Waals surface area contributed by atoms with Gasteiger partial charge in [-0.25, -0.2) is 0 Å². The van der Waals surface area contributed by atoms with Gasteiger partial charge >= 0.3 is 0 Å². The van der Waals surface area contributed by atoms with Crippen molar-refractivity contribution >= 4 is 17.5 Å². The van der Waals surface area contributed by atoms with E-state index in [-0.39, 0.29) is 17.5 Å². The topological polar surface area (TPSA) is 42.3 Å². The summed E-state index contributed by atoms with van der Waals surface area (Å²) in [6, 6.07) is 3.17. The first-order valence-electron chi connectivity index (χ1n) is 6.17. The minimum Gasteiger partial charge on any atom is -0.334 e. The van der Waals surface area contributed by atoms with Crippen LogP contribution in [-0.4, -0.2) is 33.8 Å². The molecule has 0 aliphatic carbocycles. The van der Waals surface area contributed by atoms with Crippen LogP contribution in [-0.2, 0) is 7.05 Å². The standard InChI is InChI=1S/C13H17ClN2O2/c1-15-7-5-10(8-12(15)17)13(18)16-6-3-2-4-11(16)9-14/h5,7-8,11H,2-4,6,9H2,1H3.